The van der Waals surface area contributed by atoms with Gasteiger partial charge >= 0.3 is 6.18 Å². The lowest BCUT2D eigenvalue weighted by atomic mass is 9.87. The molecule has 1 aliphatic carbocycles. The smallest absolute Gasteiger partial charge is 0.362 e. The van der Waals surface area contributed by atoms with Crippen molar-refractivity contribution >= 4 is 21.3 Å². The van der Waals surface area contributed by atoms with Gasteiger partial charge in [-0.1, -0.05) is 17.7 Å². The third kappa shape index (κ3) is 5.15. The zero-order chi connectivity index (χ0) is 22.3. The number of alkyl halides is 3. The Kier molecular flexibility index (Phi) is 6.50. The number of nitrogens with one attached hydrogen (secondary N) is 2. The standard InChI is InChI=1S/C19H22ClF4N3O2S/c1-10-18(30(2,25)28)27-17(26-10)16(11-3-8-15(21)14(20)9-11)29-13-6-4-12(5-7-13)19(22,23)24/h3,8-9,12-13,16,25H,4-7H2,1-2H3,(H,26,27)/t12?,13?,16-,30+/m0/s1. The highest BCUT2D eigenvalue weighted by Gasteiger charge is 2.42. The van der Waals surface area contributed by atoms with E-state index in [2.05, 4.69) is 9.97 Å². The molecule has 0 spiro atoms. The van der Waals surface area contributed by atoms with Gasteiger partial charge < -0.3 is 9.72 Å². The van der Waals surface area contributed by atoms with Crippen LogP contribution in [0.4, 0.5) is 17.6 Å². The van der Waals surface area contributed by atoms with Crippen LogP contribution in [0.5, 0.6) is 0 Å². The van der Waals surface area contributed by atoms with Crippen LogP contribution >= 0.6 is 11.6 Å². The minimum atomic E-state index is -4.22. The molecule has 1 fully saturated rings. The third-order valence-electron chi connectivity index (χ3n) is 5.19. The minimum Gasteiger partial charge on any atom is -0.362 e. The van der Waals surface area contributed by atoms with Crippen LogP contribution in [0, 0.1) is 23.4 Å². The predicted octanol–water partition coefficient (Wildman–Crippen LogP) is 5.77. The Morgan fingerprint density at radius 3 is 2.43 bits per heavy atom. The van der Waals surface area contributed by atoms with Gasteiger partial charge in [-0.05, 0) is 50.3 Å². The molecule has 3 rings (SSSR count). The molecule has 0 radical (unpaired) electrons. The first-order valence-electron chi connectivity index (χ1n) is 9.33. The Morgan fingerprint density at radius 1 is 1.30 bits per heavy atom. The van der Waals surface area contributed by atoms with Crippen molar-refractivity contribution in [2.45, 2.75) is 56.0 Å². The molecule has 0 bridgehead atoms. The molecule has 1 saturated carbocycles. The summed E-state index contributed by atoms with van der Waals surface area (Å²) in [5.74, 6) is -1.73. The normalized spacial score (nSPS) is 23.2. The number of imidazole rings is 1. The van der Waals surface area contributed by atoms with E-state index in [4.69, 9.17) is 21.1 Å². The Morgan fingerprint density at radius 2 is 1.93 bits per heavy atom. The molecule has 2 N–H and O–H groups in total. The Bertz CT molecular complexity index is 1020. The van der Waals surface area contributed by atoms with Gasteiger partial charge in [-0.25, -0.2) is 18.4 Å². The highest BCUT2D eigenvalue weighted by molar-refractivity contribution is 7.91. The number of nitrogens with zero attached hydrogens (tertiary/aromatic N) is 1. The minimum absolute atomic E-state index is 0.0387. The van der Waals surface area contributed by atoms with Crippen LogP contribution in [0.25, 0.3) is 0 Å². The summed E-state index contributed by atoms with van der Waals surface area (Å²) in [7, 11) is -3.11. The molecule has 1 aromatic heterocycles. The first-order valence-corrected chi connectivity index (χ1v) is 11.7. The summed E-state index contributed by atoms with van der Waals surface area (Å²) in [6.45, 7) is 1.62. The van der Waals surface area contributed by atoms with Crippen LogP contribution in [0.1, 0.15) is 48.9 Å². The number of H-pyrrole nitrogens is 1. The second kappa shape index (κ2) is 8.47. The third-order valence-corrected chi connectivity index (χ3v) is 6.61. The average Bonchev–Trinajstić information content (AvgIpc) is 3.03. The fourth-order valence-corrected chi connectivity index (χ4v) is 4.76. The molecular formula is C19H22ClF4N3O2S. The summed E-state index contributed by atoms with van der Waals surface area (Å²) < 4.78 is 78.6. The Balaban J connectivity index is 1.91. The predicted molar refractivity (Wildman–Crippen MR) is 105 cm³/mol. The number of ether oxygens (including phenoxy) is 1. The molecule has 30 heavy (non-hydrogen) atoms. The first kappa shape index (κ1) is 23.0. The zero-order valence-electron chi connectivity index (χ0n) is 16.4. The molecule has 11 heteroatoms. The van der Waals surface area contributed by atoms with Crippen LogP contribution < -0.4 is 0 Å². The van der Waals surface area contributed by atoms with Crippen molar-refractivity contribution in [1.29, 1.82) is 4.78 Å². The summed E-state index contributed by atoms with van der Waals surface area (Å²) in [5.41, 5.74) is 0.877. The van der Waals surface area contributed by atoms with E-state index in [0.29, 0.717) is 11.3 Å². The van der Waals surface area contributed by atoms with E-state index >= 15 is 0 Å². The SMILES string of the molecule is Cc1[nH]c([C@@H](OC2CCC(C(F)(F)F)CC2)c2ccc(F)c(Cl)c2)nc1[S@](C)(=N)=O. The van der Waals surface area contributed by atoms with E-state index in [1.807, 2.05) is 0 Å². The Labute approximate surface area is 177 Å². The van der Waals surface area contributed by atoms with Crippen molar-refractivity contribution in [3.05, 3.63) is 46.1 Å². The van der Waals surface area contributed by atoms with Crippen molar-refractivity contribution < 1.29 is 26.5 Å². The quantitative estimate of drug-likeness (QED) is 0.547. The molecule has 2 atom stereocenters. The van der Waals surface area contributed by atoms with Crippen LogP contribution in [-0.4, -0.2) is 32.7 Å². The first-order chi connectivity index (χ1) is 13.9. The van der Waals surface area contributed by atoms with E-state index in [1.54, 1.807) is 6.92 Å². The maximum Gasteiger partial charge on any atom is 0.391 e. The summed E-state index contributed by atoms with van der Waals surface area (Å²) in [6, 6.07) is 3.98. The van der Waals surface area contributed by atoms with Gasteiger partial charge in [0.25, 0.3) is 0 Å². The number of aromatic nitrogens is 2. The highest BCUT2D eigenvalue weighted by atomic mass is 35.5. The summed E-state index contributed by atoms with van der Waals surface area (Å²) in [4.78, 5) is 7.22. The number of hydrogen-bond donors (Lipinski definition) is 2. The lowest BCUT2D eigenvalue weighted by molar-refractivity contribution is -0.188. The number of aryl methyl sites for hydroxylation is 1. The van der Waals surface area contributed by atoms with Crippen molar-refractivity contribution in [3.8, 4) is 0 Å². The van der Waals surface area contributed by atoms with Gasteiger partial charge in [-0.3, -0.25) is 0 Å². The molecule has 2 aromatic rings. The zero-order valence-corrected chi connectivity index (χ0v) is 17.9. The topological polar surface area (TPSA) is 78.8 Å². The van der Waals surface area contributed by atoms with E-state index < -0.39 is 39.8 Å². The fourth-order valence-electron chi connectivity index (χ4n) is 3.67. The van der Waals surface area contributed by atoms with Crippen molar-refractivity contribution in [2.75, 3.05) is 6.26 Å². The number of benzene rings is 1. The molecular weight excluding hydrogens is 446 g/mol. The van der Waals surface area contributed by atoms with E-state index in [1.165, 1.54) is 24.5 Å². The van der Waals surface area contributed by atoms with Crippen molar-refractivity contribution in [1.82, 2.24) is 9.97 Å². The van der Waals surface area contributed by atoms with Crippen molar-refractivity contribution in [3.63, 3.8) is 0 Å². The van der Waals surface area contributed by atoms with Gasteiger partial charge in [0.05, 0.1) is 26.8 Å². The molecule has 0 saturated heterocycles. The molecule has 1 heterocycles. The maximum absolute atomic E-state index is 13.6. The second-order valence-corrected chi connectivity index (χ2v) is 10.1. The van der Waals surface area contributed by atoms with E-state index in [0.717, 1.165) is 0 Å². The number of aromatic amines is 1. The highest BCUT2D eigenvalue weighted by Crippen LogP contribution is 2.40. The van der Waals surface area contributed by atoms with Gasteiger partial charge in [-0.2, -0.15) is 13.2 Å². The lowest BCUT2D eigenvalue weighted by Gasteiger charge is -2.32. The monoisotopic (exact) mass is 467 g/mol. The molecule has 1 aromatic carbocycles. The van der Waals surface area contributed by atoms with Crippen molar-refractivity contribution in [2.24, 2.45) is 5.92 Å². The second-order valence-electron chi connectivity index (χ2n) is 7.60. The maximum atomic E-state index is 13.6. The van der Waals surface area contributed by atoms with Gasteiger partial charge in [0.1, 0.15) is 17.7 Å². The number of hydrogen-bond acceptors (Lipinski definition) is 4. The number of rotatable bonds is 5. The molecule has 166 valence electrons. The van der Waals surface area contributed by atoms with E-state index in [-0.39, 0.29) is 41.6 Å². The summed E-state index contributed by atoms with van der Waals surface area (Å²) in [5, 5.41) is -0.0646. The number of halogens is 5. The van der Waals surface area contributed by atoms with Crippen LogP contribution in [0.3, 0.4) is 0 Å². The molecule has 0 unspecified atom stereocenters. The van der Waals surface area contributed by atoms with Gasteiger partial charge in [0.2, 0.25) is 0 Å². The summed E-state index contributed by atoms with van der Waals surface area (Å²) >= 11 is 5.90. The molecule has 0 amide bonds. The van der Waals surface area contributed by atoms with Gasteiger partial charge in [0, 0.05) is 11.9 Å². The lowest BCUT2D eigenvalue weighted by Crippen LogP contribution is -2.31. The van der Waals surface area contributed by atoms with E-state index in [9.17, 15) is 21.8 Å². The average molecular weight is 468 g/mol. The van der Waals surface area contributed by atoms with Gasteiger partial charge in [-0.15, -0.1) is 0 Å². The Hall–Kier alpha value is -1.65. The molecule has 1 aliphatic rings. The largest absolute Gasteiger partial charge is 0.391 e. The van der Waals surface area contributed by atoms with Crippen LogP contribution in [0.15, 0.2) is 23.2 Å². The van der Waals surface area contributed by atoms with Gasteiger partial charge in [0.15, 0.2) is 5.03 Å². The van der Waals surface area contributed by atoms with Crippen LogP contribution in [0.2, 0.25) is 5.02 Å². The molecule has 0 aliphatic heterocycles. The summed E-state index contributed by atoms with van der Waals surface area (Å²) in [6.07, 6.45) is -3.99. The fraction of sp³-hybridized carbons (Fsp3) is 0.526. The molecule has 5 nitrogen and oxygen atoms in total. The van der Waals surface area contributed by atoms with Crippen LogP contribution in [-0.2, 0) is 14.5 Å².